The molecule has 0 aliphatic rings. The lowest BCUT2D eigenvalue weighted by atomic mass is 10.1. The molecule has 0 N–H and O–H groups in total. The molecular formula is C25H29ClN2P+. The molecule has 0 amide bonds. The van der Waals surface area contributed by atoms with E-state index < -0.39 is 6.77 Å². The van der Waals surface area contributed by atoms with E-state index >= 15 is 0 Å². The zero-order valence-corrected chi connectivity index (χ0v) is 19.2. The van der Waals surface area contributed by atoms with E-state index in [4.69, 9.17) is 16.0 Å². The lowest BCUT2D eigenvalue weighted by Gasteiger charge is -2.34. The fraction of sp³-hybridized carbons (Fsp3) is 0.240. The Morgan fingerprint density at radius 1 is 0.690 bits per heavy atom. The number of halogens is 1. The first-order chi connectivity index (χ1) is 13.9. The zero-order chi connectivity index (χ0) is 20.9. The molecule has 0 aromatic heterocycles. The molecule has 3 rings (SSSR count). The van der Waals surface area contributed by atoms with Crippen molar-refractivity contribution in [3.05, 3.63) is 96.6 Å². The Morgan fingerprint density at radius 3 is 1.45 bits per heavy atom. The smallest absolute Gasteiger partial charge is 0.296 e. The van der Waals surface area contributed by atoms with Gasteiger partial charge in [-0.05, 0) is 52.0 Å². The molecule has 2 nitrogen and oxygen atoms in total. The highest BCUT2D eigenvalue weighted by molar-refractivity contribution is 8.09. The molecule has 3 aromatic carbocycles. The number of benzene rings is 3. The predicted molar refractivity (Wildman–Crippen MR) is 130 cm³/mol. The summed E-state index contributed by atoms with van der Waals surface area (Å²) in [4.78, 5) is 2.36. The van der Waals surface area contributed by atoms with E-state index in [1.807, 2.05) is 42.5 Å². The minimum absolute atomic E-state index is 0.297. The van der Waals surface area contributed by atoms with Crippen molar-refractivity contribution >= 4 is 34.5 Å². The van der Waals surface area contributed by atoms with E-state index in [0.29, 0.717) is 12.1 Å². The van der Waals surface area contributed by atoms with E-state index in [1.54, 1.807) is 0 Å². The minimum atomic E-state index is -2.51. The Balaban J connectivity index is 2.28. The minimum Gasteiger partial charge on any atom is -0.348 e. The van der Waals surface area contributed by atoms with E-state index in [-0.39, 0.29) is 0 Å². The summed E-state index contributed by atoms with van der Waals surface area (Å²) in [7, 11) is 0. The van der Waals surface area contributed by atoms with Gasteiger partial charge >= 0.3 is 0 Å². The molecule has 0 spiro atoms. The van der Waals surface area contributed by atoms with Crippen molar-refractivity contribution in [1.29, 1.82) is 0 Å². The molecule has 0 saturated heterocycles. The number of hydrogen-bond acceptors (Lipinski definition) is 1. The molecule has 150 valence electrons. The van der Waals surface area contributed by atoms with Crippen LogP contribution in [0, 0.1) is 0 Å². The molecule has 0 heterocycles. The maximum absolute atomic E-state index is 7.49. The van der Waals surface area contributed by atoms with Crippen LogP contribution in [0.2, 0.25) is 0 Å². The normalized spacial score (nSPS) is 12.4. The van der Waals surface area contributed by atoms with Crippen molar-refractivity contribution in [3.8, 4) is 0 Å². The quantitative estimate of drug-likeness (QED) is 0.258. The van der Waals surface area contributed by atoms with Crippen molar-refractivity contribution in [1.82, 2.24) is 4.90 Å². The second-order valence-corrected chi connectivity index (χ2v) is 11.4. The second-order valence-electron chi connectivity index (χ2n) is 7.61. The van der Waals surface area contributed by atoms with Crippen LogP contribution in [0.3, 0.4) is 0 Å². The van der Waals surface area contributed by atoms with Crippen LogP contribution in [0.15, 0.2) is 95.8 Å². The summed E-state index contributed by atoms with van der Waals surface area (Å²) in [6.45, 7) is 6.31. The van der Waals surface area contributed by atoms with Gasteiger partial charge in [-0.1, -0.05) is 71.5 Å². The van der Waals surface area contributed by atoms with Crippen molar-refractivity contribution < 1.29 is 0 Å². The molecule has 0 fully saturated rings. The van der Waals surface area contributed by atoms with E-state index in [1.165, 1.54) is 0 Å². The van der Waals surface area contributed by atoms with Crippen molar-refractivity contribution in [2.24, 2.45) is 4.76 Å². The third kappa shape index (κ3) is 4.89. The molecule has 0 radical (unpaired) electrons. The van der Waals surface area contributed by atoms with Crippen LogP contribution in [0.5, 0.6) is 0 Å². The molecule has 0 unspecified atom stereocenters. The topological polar surface area (TPSA) is 15.6 Å². The van der Waals surface area contributed by atoms with Gasteiger partial charge in [-0.15, -0.1) is 0 Å². The van der Waals surface area contributed by atoms with E-state index in [9.17, 15) is 0 Å². The highest BCUT2D eigenvalue weighted by Gasteiger charge is 2.44. The monoisotopic (exact) mass is 423 g/mol. The summed E-state index contributed by atoms with van der Waals surface area (Å²) in [5.74, 6) is 0.951. The fourth-order valence-corrected chi connectivity index (χ4v) is 6.61. The molecule has 4 heteroatoms. The Hall–Kier alpha value is -2.15. The van der Waals surface area contributed by atoms with Crippen LogP contribution in [0.4, 0.5) is 0 Å². The number of nitrogens with zero attached hydrogens (tertiary/aromatic N) is 2. The van der Waals surface area contributed by atoms with E-state index in [0.717, 1.165) is 22.0 Å². The van der Waals surface area contributed by atoms with Crippen LogP contribution in [0.1, 0.15) is 33.3 Å². The van der Waals surface area contributed by atoms with Gasteiger partial charge in [-0.2, -0.15) is 0 Å². The Bertz CT molecular complexity index is 877. The van der Waals surface area contributed by atoms with Crippen LogP contribution in [0.25, 0.3) is 0 Å². The van der Waals surface area contributed by atoms with Crippen LogP contribution < -0.4 is 10.6 Å². The molecule has 0 atom stereocenters. The fourth-order valence-electron chi connectivity index (χ4n) is 3.58. The lowest BCUT2D eigenvalue weighted by Crippen LogP contribution is -2.43. The summed E-state index contributed by atoms with van der Waals surface area (Å²) in [6.07, 6.45) is 0. The summed E-state index contributed by atoms with van der Waals surface area (Å²) in [6, 6.07) is 31.5. The summed E-state index contributed by atoms with van der Waals surface area (Å²) < 4.78 is 5.38. The van der Waals surface area contributed by atoms with Crippen molar-refractivity contribution in [2.45, 2.75) is 39.8 Å². The summed E-state index contributed by atoms with van der Waals surface area (Å²) in [5.41, 5.74) is 1.09. The predicted octanol–water partition coefficient (Wildman–Crippen LogP) is 6.29. The molecule has 0 aliphatic carbocycles. The van der Waals surface area contributed by atoms with Gasteiger partial charge in [-0.25, -0.2) is 0 Å². The highest BCUT2D eigenvalue weighted by atomic mass is 35.7. The first-order valence-electron chi connectivity index (χ1n) is 10.1. The first kappa shape index (κ1) is 21.6. The Morgan fingerprint density at radius 2 is 1.07 bits per heavy atom. The average Bonchev–Trinajstić information content (AvgIpc) is 2.74. The molecule has 0 bridgehead atoms. The van der Waals surface area contributed by atoms with Gasteiger partial charge in [0.25, 0.3) is 6.77 Å². The van der Waals surface area contributed by atoms with Gasteiger partial charge in [0.15, 0.2) is 5.84 Å². The standard InChI is InChI=1S/C25H29ClN2P/c1-20(2)28(21(3)4)25(22-14-8-5-9-15-22)27-29(26,23-16-10-6-11-17-23)24-18-12-7-13-19-24/h5-21H,1-4H3/q+1/b27-25+. The van der Waals surface area contributed by atoms with Crippen LogP contribution in [-0.4, -0.2) is 22.8 Å². The zero-order valence-electron chi connectivity index (χ0n) is 17.5. The molecule has 0 aliphatic heterocycles. The number of hydrogen-bond donors (Lipinski definition) is 0. The highest BCUT2D eigenvalue weighted by Crippen LogP contribution is 2.63. The maximum atomic E-state index is 7.49. The first-order valence-corrected chi connectivity index (χ1v) is 12.7. The number of rotatable bonds is 6. The number of amidine groups is 1. The maximum Gasteiger partial charge on any atom is 0.296 e. The summed E-state index contributed by atoms with van der Waals surface area (Å²) >= 11 is 7.49. The van der Waals surface area contributed by atoms with Gasteiger partial charge in [0.1, 0.15) is 21.8 Å². The third-order valence-electron chi connectivity index (χ3n) is 4.82. The van der Waals surface area contributed by atoms with Crippen molar-refractivity contribution in [3.63, 3.8) is 0 Å². The van der Waals surface area contributed by atoms with Gasteiger partial charge in [0.05, 0.1) is 0 Å². The molecule has 0 saturated carbocycles. The van der Waals surface area contributed by atoms with Gasteiger partial charge in [0, 0.05) is 17.6 Å². The van der Waals surface area contributed by atoms with Crippen LogP contribution >= 0.6 is 18.0 Å². The van der Waals surface area contributed by atoms with Gasteiger partial charge in [0.2, 0.25) is 0 Å². The largest absolute Gasteiger partial charge is 0.348 e. The molecular weight excluding hydrogens is 395 g/mol. The van der Waals surface area contributed by atoms with Gasteiger partial charge < -0.3 is 4.90 Å². The molecule has 3 aromatic rings. The van der Waals surface area contributed by atoms with Gasteiger partial charge in [-0.3, -0.25) is 0 Å². The summed E-state index contributed by atoms with van der Waals surface area (Å²) in [5, 5.41) is 2.13. The Kier molecular flexibility index (Phi) is 7.11. The third-order valence-corrected chi connectivity index (χ3v) is 8.65. The average molecular weight is 424 g/mol. The SMILES string of the molecule is CC(C)N(/C(=N/[P+](Cl)(c1ccccc1)c1ccccc1)c1ccccc1)C(C)C. The van der Waals surface area contributed by atoms with Crippen LogP contribution in [-0.2, 0) is 0 Å². The second kappa shape index (κ2) is 9.57. The van der Waals surface area contributed by atoms with E-state index in [2.05, 4.69) is 81.1 Å². The van der Waals surface area contributed by atoms with Crippen molar-refractivity contribution in [2.75, 3.05) is 0 Å². The molecule has 29 heavy (non-hydrogen) atoms. The Labute approximate surface area is 180 Å². The lowest BCUT2D eigenvalue weighted by molar-refractivity contribution is 0.293.